The molecule has 0 radical (unpaired) electrons. The minimum absolute atomic E-state index is 0.127. The maximum absolute atomic E-state index is 12.8. The molecule has 2 aromatic rings. The Morgan fingerprint density at radius 2 is 1.62 bits per heavy atom. The molecule has 0 aliphatic heterocycles. The van der Waals surface area contributed by atoms with E-state index in [0.717, 1.165) is 25.0 Å². The van der Waals surface area contributed by atoms with Gasteiger partial charge in [0.05, 0.1) is 5.56 Å². The normalized spacial score (nSPS) is 15.0. The number of halogens is 4. The van der Waals surface area contributed by atoms with Gasteiger partial charge in [-0.2, -0.15) is 13.2 Å². The highest BCUT2D eigenvalue weighted by Gasteiger charge is 2.31. The zero-order valence-electron chi connectivity index (χ0n) is 11.0. The lowest BCUT2D eigenvalue weighted by atomic mass is 10.1. The molecule has 0 saturated heterocycles. The number of alkyl halides is 3. The van der Waals surface area contributed by atoms with Gasteiger partial charge in [0.25, 0.3) is 0 Å². The fourth-order valence-corrected chi connectivity index (χ4v) is 3.05. The molecule has 2 aromatic carbocycles. The molecular formula is C16H13BrF3N. The number of hydrogen-bond donors (Lipinski definition) is 1. The van der Waals surface area contributed by atoms with Crippen molar-refractivity contribution >= 4 is 21.6 Å². The van der Waals surface area contributed by atoms with Gasteiger partial charge in [-0.3, -0.25) is 0 Å². The first-order valence-electron chi connectivity index (χ1n) is 6.63. The standard InChI is InChI=1S/C16H13BrF3N/c17-14-6-5-12(16(18,19)20)9-15(14)21-13-7-10-3-1-2-4-11(10)8-13/h1-6,9,13,21H,7-8H2. The largest absolute Gasteiger partial charge is 0.416 e. The molecule has 1 aliphatic carbocycles. The fraction of sp³-hybridized carbons (Fsp3) is 0.250. The molecule has 0 atom stereocenters. The van der Waals surface area contributed by atoms with Gasteiger partial charge in [-0.15, -0.1) is 0 Å². The predicted octanol–water partition coefficient (Wildman–Crippen LogP) is 5.05. The molecule has 0 bridgehead atoms. The summed E-state index contributed by atoms with van der Waals surface area (Å²) >= 11 is 3.31. The van der Waals surface area contributed by atoms with Crippen molar-refractivity contribution in [3.05, 3.63) is 63.6 Å². The van der Waals surface area contributed by atoms with Crippen LogP contribution in [0.25, 0.3) is 0 Å². The van der Waals surface area contributed by atoms with Gasteiger partial charge in [0, 0.05) is 16.2 Å². The predicted molar refractivity (Wildman–Crippen MR) is 80.4 cm³/mol. The summed E-state index contributed by atoms with van der Waals surface area (Å²) in [4.78, 5) is 0. The molecule has 21 heavy (non-hydrogen) atoms. The second kappa shape index (κ2) is 5.37. The highest BCUT2D eigenvalue weighted by Crippen LogP contribution is 2.35. The van der Waals surface area contributed by atoms with Crippen molar-refractivity contribution < 1.29 is 13.2 Å². The van der Waals surface area contributed by atoms with Crippen molar-refractivity contribution in [2.24, 2.45) is 0 Å². The fourth-order valence-electron chi connectivity index (χ4n) is 2.69. The van der Waals surface area contributed by atoms with E-state index in [9.17, 15) is 13.2 Å². The Hall–Kier alpha value is -1.49. The molecule has 0 spiro atoms. The maximum Gasteiger partial charge on any atom is 0.416 e. The Morgan fingerprint density at radius 3 is 2.19 bits per heavy atom. The van der Waals surface area contributed by atoms with Crippen LogP contribution in [0.2, 0.25) is 0 Å². The zero-order chi connectivity index (χ0) is 15.0. The monoisotopic (exact) mass is 355 g/mol. The van der Waals surface area contributed by atoms with Crippen molar-refractivity contribution in [3.8, 4) is 0 Å². The number of anilines is 1. The van der Waals surface area contributed by atoms with Crippen LogP contribution in [0, 0.1) is 0 Å². The van der Waals surface area contributed by atoms with Crippen LogP contribution in [0.1, 0.15) is 16.7 Å². The molecule has 0 fully saturated rings. The molecule has 1 nitrogen and oxygen atoms in total. The van der Waals surface area contributed by atoms with Crippen LogP contribution in [0.15, 0.2) is 46.9 Å². The van der Waals surface area contributed by atoms with Crippen LogP contribution in [0.3, 0.4) is 0 Å². The Bertz CT molecular complexity index is 642. The van der Waals surface area contributed by atoms with E-state index in [0.29, 0.717) is 10.2 Å². The average molecular weight is 356 g/mol. The van der Waals surface area contributed by atoms with Gasteiger partial charge in [0.1, 0.15) is 0 Å². The van der Waals surface area contributed by atoms with Gasteiger partial charge < -0.3 is 5.32 Å². The summed E-state index contributed by atoms with van der Waals surface area (Å²) < 4.78 is 39.0. The minimum atomic E-state index is -4.32. The molecule has 0 unspecified atom stereocenters. The summed E-state index contributed by atoms with van der Waals surface area (Å²) in [6.45, 7) is 0. The topological polar surface area (TPSA) is 12.0 Å². The van der Waals surface area contributed by atoms with Crippen LogP contribution in [-0.4, -0.2) is 6.04 Å². The zero-order valence-corrected chi connectivity index (χ0v) is 12.6. The van der Waals surface area contributed by atoms with E-state index in [-0.39, 0.29) is 6.04 Å². The van der Waals surface area contributed by atoms with E-state index >= 15 is 0 Å². The van der Waals surface area contributed by atoms with E-state index in [1.807, 2.05) is 12.1 Å². The molecule has 0 saturated carbocycles. The first-order valence-corrected chi connectivity index (χ1v) is 7.43. The van der Waals surface area contributed by atoms with Gasteiger partial charge in [-0.25, -0.2) is 0 Å². The van der Waals surface area contributed by atoms with Crippen LogP contribution < -0.4 is 5.32 Å². The van der Waals surface area contributed by atoms with Crippen molar-refractivity contribution in [2.75, 3.05) is 5.32 Å². The molecule has 1 N–H and O–H groups in total. The Balaban J connectivity index is 1.80. The summed E-state index contributed by atoms with van der Waals surface area (Å²) in [6.07, 6.45) is -2.66. The third-order valence-corrected chi connectivity index (χ3v) is 4.40. The van der Waals surface area contributed by atoms with E-state index in [1.165, 1.54) is 17.2 Å². The lowest BCUT2D eigenvalue weighted by molar-refractivity contribution is -0.137. The highest BCUT2D eigenvalue weighted by atomic mass is 79.9. The summed E-state index contributed by atoms with van der Waals surface area (Å²) in [7, 11) is 0. The number of benzene rings is 2. The maximum atomic E-state index is 12.8. The van der Waals surface area contributed by atoms with Crippen LogP contribution in [0.5, 0.6) is 0 Å². The SMILES string of the molecule is FC(F)(F)c1ccc(Br)c(NC2Cc3ccccc3C2)c1. The van der Waals surface area contributed by atoms with Gasteiger partial charge in [0.15, 0.2) is 0 Å². The van der Waals surface area contributed by atoms with Gasteiger partial charge in [-0.1, -0.05) is 24.3 Å². The second-order valence-corrected chi connectivity index (χ2v) is 6.06. The lowest BCUT2D eigenvalue weighted by Gasteiger charge is -2.17. The summed E-state index contributed by atoms with van der Waals surface area (Å²) in [5.41, 5.74) is 2.38. The Labute approximate surface area is 129 Å². The van der Waals surface area contributed by atoms with Gasteiger partial charge in [-0.05, 0) is 58.1 Å². The van der Waals surface area contributed by atoms with Crippen LogP contribution in [-0.2, 0) is 19.0 Å². The third-order valence-electron chi connectivity index (χ3n) is 3.70. The molecule has 3 rings (SSSR count). The van der Waals surface area contributed by atoms with Gasteiger partial charge >= 0.3 is 6.18 Å². The molecule has 0 heterocycles. The number of hydrogen-bond acceptors (Lipinski definition) is 1. The van der Waals surface area contributed by atoms with Crippen molar-refractivity contribution in [1.29, 1.82) is 0 Å². The van der Waals surface area contributed by atoms with Crippen molar-refractivity contribution in [3.63, 3.8) is 0 Å². The van der Waals surface area contributed by atoms with Crippen molar-refractivity contribution in [2.45, 2.75) is 25.1 Å². The minimum Gasteiger partial charge on any atom is -0.381 e. The average Bonchev–Trinajstić information content (AvgIpc) is 2.82. The smallest absolute Gasteiger partial charge is 0.381 e. The molecule has 5 heteroatoms. The first-order chi connectivity index (χ1) is 9.93. The summed E-state index contributed by atoms with van der Waals surface area (Å²) in [6, 6.07) is 11.9. The lowest BCUT2D eigenvalue weighted by Crippen LogP contribution is -2.20. The van der Waals surface area contributed by atoms with E-state index in [4.69, 9.17) is 0 Å². The van der Waals surface area contributed by atoms with E-state index < -0.39 is 11.7 Å². The summed E-state index contributed by atoms with van der Waals surface area (Å²) in [5, 5.41) is 3.22. The molecule has 1 aliphatic rings. The van der Waals surface area contributed by atoms with Crippen LogP contribution >= 0.6 is 15.9 Å². The quantitative estimate of drug-likeness (QED) is 0.794. The number of fused-ring (bicyclic) bond motifs is 1. The van der Waals surface area contributed by atoms with E-state index in [1.54, 1.807) is 0 Å². The molecule has 0 amide bonds. The number of nitrogens with one attached hydrogen (secondary N) is 1. The third kappa shape index (κ3) is 3.07. The highest BCUT2D eigenvalue weighted by molar-refractivity contribution is 9.10. The van der Waals surface area contributed by atoms with Crippen LogP contribution in [0.4, 0.5) is 18.9 Å². The second-order valence-electron chi connectivity index (χ2n) is 5.21. The summed E-state index contributed by atoms with van der Waals surface area (Å²) in [5.74, 6) is 0. The van der Waals surface area contributed by atoms with Crippen molar-refractivity contribution in [1.82, 2.24) is 0 Å². The molecule has 110 valence electrons. The number of rotatable bonds is 2. The Morgan fingerprint density at radius 1 is 1.00 bits per heavy atom. The van der Waals surface area contributed by atoms with E-state index in [2.05, 4.69) is 33.4 Å². The molecular weight excluding hydrogens is 343 g/mol. The van der Waals surface area contributed by atoms with Gasteiger partial charge in [0.2, 0.25) is 0 Å². The first kappa shape index (κ1) is 14.4. The Kier molecular flexibility index (Phi) is 3.69. The molecule has 0 aromatic heterocycles.